The Balaban J connectivity index is 1.56. The first-order valence-corrected chi connectivity index (χ1v) is 9.31. The lowest BCUT2D eigenvalue weighted by atomic mass is 9.84. The Bertz CT molecular complexity index is 1040. The SMILES string of the molecule is CN1C(=O)CCC(C(=O)Nc2cc(-c3ccncc3)[nH]n2)C1c1cccc(F)c1. The van der Waals surface area contributed by atoms with Crippen LogP contribution in [0.5, 0.6) is 0 Å². The van der Waals surface area contributed by atoms with Crippen molar-refractivity contribution in [3.05, 3.63) is 66.2 Å². The number of carbonyl (C=O) groups is 2. The Morgan fingerprint density at radius 3 is 2.79 bits per heavy atom. The summed E-state index contributed by atoms with van der Waals surface area (Å²) in [6, 6.07) is 10.9. The molecule has 0 spiro atoms. The van der Waals surface area contributed by atoms with Gasteiger partial charge in [0.1, 0.15) is 5.82 Å². The first-order chi connectivity index (χ1) is 14.0. The summed E-state index contributed by atoms with van der Waals surface area (Å²) in [6.45, 7) is 0. The minimum atomic E-state index is -0.537. The maximum absolute atomic E-state index is 13.8. The molecule has 7 nitrogen and oxygen atoms in total. The Morgan fingerprint density at radius 2 is 2.03 bits per heavy atom. The van der Waals surface area contributed by atoms with Crippen LogP contribution in [0.1, 0.15) is 24.4 Å². The average molecular weight is 393 g/mol. The highest BCUT2D eigenvalue weighted by Gasteiger charge is 2.39. The van der Waals surface area contributed by atoms with Crippen molar-refractivity contribution in [1.29, 1.82) is 0 Å². The van der Waals surface area contributed by atoms with Crippen molar-refractivity contribution < 1.29 is 14.0 Å². The third-order valence-electron chi connectivity index (χ3n) is 5.21. The molecule has 1 fully saturated rings. The van der Waals surface area contributed by atoms with E-state index in [4.69, 9.17) is 0 Å². The minimum Gasteiger partial charge on any atom is -0.338 e. The van der Waals surface area contributed by atoms with Crippen molar-refractivity contribution >= 4 is 17.6 Å². The number of halogens is 1. The zero-order valence-corrected chi connectivity index (χ0v) is 15.8. The second-order valence-corrected chi connectivity index (χ2v) is 7.04. The molecule has 2 unspecified atom stereocenters. The molecule has 3 aromatic rings. The molecule has 1 aliphatic heterocycles. The molecule has 2 atom stereocenters. The summed E-state index contributed by atoms with van der Waals surface area (Å²) in [4.78, 5) is 30.8. The Labute approximate surface area is 167 Å². The number of carbonyl (C=O) groups excluding carboxylic acids is 2. The number of likely N-dealkylation sites (tertiary alicyclic amines) is 1. The lowest BCUT2D eigenvalue weighted by Gasteiger charge is -2.38. The van der Waals surface area contributed by atoms with Gasteiger partial charge in [-0.05, 0) is 36.2 Å². The first-order valence-electron chi connectivity index (χ1n) is 9.31. The summed E-state index contributed by atoms with van der Waals surface area (Å²) in [7, 11) is 1.65. The van der Waals surface area contributed by atoms with Gasteiger partial charge in [0.05, 0.1) is 17.7 Å². The molecule has 2 aromatic heterocycles. The normalized spacial score (nSPS) is 19.2. The molecule has 0 aliphatic carbocycles. The highest BCUT2D eigenvalue weighted by molar-refractivity contribution is 5.94. The van der Waals surface area contributed by atoms with Crippen LogP contribution in [-0.4, -0.2) is 38.9 Å². The van der Waals surface area contributed by atoms with E-state index in [1.165, 1.54) is 17.0 Å². The maximum atomic E-state index is 13.8. The molecule has 3 heterocycles. The van der Waals surface area contributed by atoms with Crippen LogP contribution in [-0.2, 0) is 9.59 Å². The number of nitrogens with one attached hydrogen (secondary N) is 2. The van der Waals surface area contributed by atoms with Crippen LogP contribution in [0.25, 0.3) is 11.3 Å². The predicted molar refractivity (Wildman–Crippen MR) is 105 cm³/mol. The molecule has 29 heavy (non-hydrogen) atoms. The van der Waals surface area contributed by atoms with Gasteiger partial charge in [0, 0.05) is 37.5 Å². The van der Waals surface area contributed by atoms with Crippen molar-refractivity contribution in [2.45, 2.75) is 18.9 Å². The van der Waals surface area contributed by atoms with E-state index in [9.17, 15) is 14.0 Å². The van der Waals surface area contributed by atoms with Gasteiger partial charge in [-0.2, -0.15) is 5.10 Å². The number of hydrogen-bond donors (Lipinski definition) is 2. The van der Waals surface area contributed by atoms with Crippen molar-refractivity contribution in [3.8, 4) is 11.3 Å². The summed E-state index contributed by atoms with van der Waals surface area (Å²) in [6.07, 6.45) is 4.00. The summed E-state index contributed by atoms with van der Waals surface area (Å²) in [5, 5.41) is 9.87. The van der Waals surface area contributed by atoms with Crippen LogP contribution in [0, 0.1) is 11.7 Å². The second kappa shape index (κ2) is 7.83. The third kappa shape index (κ3) is 3.87. The number of aromatic nitrogens is 3. The third-order valence-corrected chi connectivity index (χ3v) is 5.21. The van der Waals surface area contributed by atoms with Gasteiger partial charge in [-0.15, -0.1) is 0 Å². The molecule has 0 radical (unpaired) electrons. The topological polar surface area (TPSA) is 91.0 Å². The molecule has 1 saturated heterocycles. The Kier molecular flexibility index (Phi) is 5.07. The minimum absolute atomic E-state index is 0.0666. The molecule has 0 bridgehead atoms. The first kappa shape index (κ1) is 18.8. The van der Waals surface area contributed by atoms with Crippen LogP contribution in [0.2, 0.25) is 0 Å². The van der Waals surface area contributed by atoms with E-state index in [0.717, 1.165) is 11.3 Å². The summed E-state index contributed by atoms with van der Waals surface area (Å²) < 4.78 is 13.8. The number of anilines is 1. The van der Waals surface area contributed by atoms with E-state index in [1.54, 1.807) is 37.6 Å². The van der Waals surface area contributed by atoms with Gasteiger partial charge in [-0.3, -0.25) is 19.7 Å². The van der Waals surface area contributed by atoms with Crippen molar-refractivity contribution in [2.75, 3.05) is 12.4 Å². The largest absolute Gasteiger partial charge is 0.338 e. The number of piperidine rings is 1. The summed E-state index contributed by atoms with van der Waals surface area (Å²) >= 11 is 0. The van der Waals surface area contributed by atoms with Crippen LogP contribution >= 0.6 is 0 Å². The number of rotatable bonds is 4. The lowest BCUT2D eigenvalue weighted by molar-refractivity contribution is -0.140. The number of nitrogens with zero attached hydrogens (tertiary/aromatic N) is 3. The fraction of sp³-hybridized carbons (Fsp3) is 0.238. The molecule has 148 valence electrons. The Hall–Kier alpha value is -3.55. The summed E-state index contributed by atoms with van der Waals surface area (Å²) in [5.74, 6) is -0.850. The van der Waals surface area contributed by atoms with Crippen molar-refractivity contribution in [1.82, 2.24) is 20.1 Å². The van der Waals surface area contributed by atoms with E-state index >= 15 is 0 Å². The van der Waals surface area contributed by atoms with Gasteiger partial charge in [0.2, 0.25) is 11.8 Å². The fourth-order valence-electron chi connectivity index (χ4n) is 3.74. The van der Waals surface area contributed by atoms with Crippen molar-refractivity contribution in [2.24, 2.45) is 5.92 Å². The molecule has 8 heteroatoms. The van der Waals surface area contributed by atoms with Gasteiger partial charge in [0.25, 0.3) is 0 Å². The number of pyridine rings is 1. The summed E-state index contributed by atoms with van der Waals surface area (Å²) in [5.41, 5.74) is 2.24. The van der Waals surface area contributed by atoms with E-state index in [-0.39, 0.29) is 18.2 Å². The van der Waals surface area contributed by atoms with E-state index < -0.39 is 17.8 Å². The monoisotopic (exact) mass is 393 g/mol. The van der Waals surface area contributed by atoms with Crippen molar-refractivity contribution in [3.63, 3.8) is 0 Å². The fourth-order valence-corrected chi connectivity index (χ4v) is 3.74. The van der Waals surface area contributed by atoms with Crippen LogP contribution in [0.15, 0.2) is 54.9 Å². The van der Waals surface area contributed by atoms with Gasteiger partial charge in [0.15, 0.2) is 5.82 Å². The smallest absolute Gasteiger partial charge is 0.231 e. The van der Waals surface area contributed by atoms with E-state index in [2.05, 4.69) is 20.5 Å². The van der Waals surface area contributed by atoms with Crippen LogP contribution < -0.4 is 5.32 Å². The highest BCUT2D eigenvalue weighted by Crippen LogP contribution is 2.36. The van der Waals surface area contributed by atoms with Gasteiger partial charge in [-0.1, -0.05) is 12.1 Å². The number of hydrogen-bond acceptors (Lipinski definition) is 4. The molecule has 1 aliphatic rings. The highest BCUT2D eigenvalue weighted by atomic mass is 19.1. The second-order valence-electron chi connectivity index (χ2n) is 7.04. The van der Waals surface area contributed by atoms with Crippen LogP contribution in [0.3, 0.4) is 0 Å². The lowest BCUT2D eigenvalue weighted by Crippen LogP contribution is -2.44. The zero-order chi connectivity index (χ0) is 20.4. The Morgan fingerprint density at radius 1 is 1.24 bits per heavy atom. The molecule has 0 saturated carbocycles. The zero-order valence-electron chi connectivity index (χ0n) is 15.8. The number of benzene rings is 1. The van der Waals surface area contributed by atoms with E-state index in [0.29, 0.717) is 17.8 Å². The average Bonchev–Trinajstić information content (AvgIpc) is 3.19. The van der Waals surface area contributed by atoms with Crippen LogP contribution in [0.4, 0.5) is 10.2 Å². The predicted octanol–water partition coefficient (Wildman–Crippen LogP) is 3.16. The number of amides is 2. The molecular formula is C21H20FN5O2. The standard InChI is InChI=1S/C21H20FN5O2/c1-27-19(28)6-5-16(20(27)14-3-2-4-15(22)11-14)21(29)24-18-12-17(25-26-18)13-7-9-23-10-8-13/h2-4,7-12,16,20H,5-6H2,1H3,(H2,24,25,26,29). The van der Waals surface area contributed by atoms with Gasteiger partial charge >= 0.3 is 0 Å². The molecule has 2 N–H and O–H groups in total. The maximum Gasteiger partial charge on any atom is 0.231 e. The molecule has 4 rings (SSSR count). The van der Waals surface area contributed by atoms with E-state index in [1.807, 2.05) is 12.1 Å². The number of H-pyrrole nitrogens is 1. The molecule has 1 aromatic carbocycles. The number of aromatic amines is 1. The van der Waals surface area contributed by atoms with Gasteiger partial charge in [-0.25, -0.2) is 4.39 Å². The van der Waals surface area contributed by atoms with Gasteiger partial charge < -0.3 is 10.2 Å². The quantitative estimate of drug-likeness (QED) is 0.712. The molecule has 2 amide bonds. The molecular weight excluding hydrogens is 373 g/mol.